The Labute approximate surface area is 181 Å². The molecule has 2 N–H and O–H groups in total. The van der Waals surface area contributed by atoms with Gasteiger partial charge in [-0.3, -0.25) is 4.79 Å². The number of furan rings is 1. The molecule has 1 amide bonds. The normalized spacial score (nSPS) is 11.1. The van der Waals surface area contributed by atoms with E-state index >= 15 is 0 Å². The van der Waals surface area contributed by atoms with Gasteiger partial charge in [-0.15, -0.1) is 0 Å². The molecule has 0 radical (unpaired) electrons. The Kier molecular flexibility index (Phi) is 7.03. The van der Waals surface area contributed by atoms with Crippen LogP contribution in [-0.2, 0) is 26.1 Å². The van der Waals surface area contributed by atoms with Crippen LogP contribution in [-0.4, -0.2) is 26.9 Å². The van der Waals surface area contributed by atoms with E-state index in [1.165, 1.54) is 30.5 Å². The molecule has 0 aliphatic carbocycles. The SMILES string of the molecule is O=C(COC(=O)c1ccc(S(=O)(=O)NCc2ccco2)cc1)Nc1cccc(Br)c1. The predicted octanol–water partition coefficient (Wildman–Crippen LogP) is 3.32. The van der Waals surface area contributed by atoms with Crippen molar-refractivity contribution in [1.29, 1.82) is 0 Å². The van der Waals surface area contributed by atoms with Crippen molar-refractivity contribution in [1.82, 2.24) is 4.72 Å². The van der Waals surface area contributed by atoms with Crippen molar-refractivity contribution < 1.29 is 27.2 Å². The van der Waals surface area contributed by atoms with Gasteiger partial charge in [0.05, 0.1) is 23.3 Å². The van der Waals surface area contributed by atoms with E-state index in [1.807, 2.05) is 6.07 Å². The molecular formula is C20H17BrN2O6S. The summed E-state index contributed by atoms with van der Waals surface area (Å²) in [4.78, 5) is 24.0. The number of hydrogen-bond donors (Lipinski definition) is 2. The molecule has 10 heteroatoms. The lowest BCUT2D eigenvalue weighted by molar-refractivity contribution is -0.119. The molecule has 0 saturated carbocycles. The highest BCUT2D eigenvalue weighted by Crippen LogP contribution is 2.16. The minimum Gasteiger partial charge on any atom is -0.468 e. The van der Waals surface area contributed by atoms with Crippen molar-refractivity contribution in [2.45, 2.75) is 11.4 Å². The van der Waals surface area contributed by atoms with Gasteiger partial charge in [-0.2, -0.15) is 0 Å². The number of carbonyl (C=O) groups is 2. The predicted molar refractivity (Wildman–Crippen MR) is 112 cm³/mol. The van der Waals surface area contributed by atoms with Crippen LogP contribution in [0.4, 0.5) is 5.69 Å². The smallest absolute Gasteiger partial charge is 0.338 e. The molecule has 0 saturated heterocycles. The number of halogens is 1. The quantitative estimate of drug-likeness (QED) is 0.466. The molecule has 30 heavy (non-hydrogen) atoms. The molecule has 1 aromatic heterocycles. The van der Waals surface area contributed by atoms with Gasteiger partial charge in [0.15, 0.2) is 6.61 Å². The lowest BCUT2D eigenvalue weighted by atomic mass is 10.2. The monoisotopic (exact) mass is 492 g/mol. The summed E-state index contributed by atoms with van der Waals surface area (Å²) >= 11 is 3.30. The van der Waals surface area contributed by atoms with E-state index in [0.717, 1.165) is 4.47 Å². The Balaban J connectivity index is 1.53. The van der Waals surface area contributed by atoms with Gasteiger partial charge in [0, 0.05) is 10.2 Å². The molecule has 0 fully saturated rings. The molecule has 156 valence electrons. The van der Waals surface area contributed by atoms with Crippen molar-refractivity contribution in [3.63, 3.8) is 0 Å². The highest BCUT2D eigenvalue weighted by molar-refractivity contribution is 9.10. The Morgan fingerprint density at radius 1 is 1.03 bits per heavy atom. The number of amides is 1. The molecule has 0 aliphatic rings. The first-order valence-corrected chi connectivity index (χ1v) is 11.0. The minimum absolute atomic E-state index is 0.00617. The maximum absolute atomic E-state index is 12.3. The van der Waals surface area contributed by atoms with Crippen molar-refractivity contribution in [2.75, 3.05) is 11.9 Å². The number of carbonyl (C=O) groups excluding carboxylic acids is 2. The fourth-order valence-corrected chi connectivity index (χ4v) is 3.80. The summed E-state index contributed by atoms with van der Waals surface area (Å²) in [5.41, 5.74) is 0.678. The third kappa shape index (κ3) is 6.02. The fraction of sp³-hybridized carbons (Fsp3) is 0.100. The van der Waals surface area contributed by atoms with Crippen LogP contribution in [0.15, 0.2) is 80.7 Å². The van der Waals surface area contributed by atoms with Gasteiger partial charge < -0.3 is 14.5 Å². The summed E-state index contributed by atoms with van der Waals surface area (Å²) in [6.45, 7) is -0.470. The number of hydrogen-bond acceptors (Lipinski definition) is 6. The van der Waals surface area contributed by atoms with Crippen LogP contribution >= 0.6 is 15.9 Å². The summed E-state index contributed by atoms with van der Waals surface area (Å²) < 4.78 is 37.8. The summed E-state index contributed by atoms with van der Waals surface area (Å²) in [5.74, 6) is -0.769. The molecule has 0 bridgehead atoms. The number of nitrogens with one attached hydrogen (secondary N) is 2. The first-order chi connectivity index (χ1) is 14.3. The first-order valence-electron chi connectivity index (χ1n) is 8.68. The lowest BCUT2D eigenvalue weighted by Gasteiger charge is -2.08. The van der Waals surface area contributed by atoms with Crippen LogP contribution in [0.3, 0.4) is 0 Å². The van der Waals surface area contributed by atoms with Crippen molar-refractivity contribution >= 4 is 43.5 Å². The minimum atomic E-state index is -3.77. The van der Waals surface area contributed by atoms with E-state index in [1.54, 1.807) is 30.3 Å². The summed E-state index contributed by atoms with van der Waals surface area (Å²) in [7, 11) is -3.77. The van der Waals surface area contributed by atoms with Crippen LogP contribution in [0, 0.1) is 0 Å². The highest BCUT2D eigenvalue weighted by atomic mass is 79.9. The maximum Gasteiger partial charge on any atom is 0.338 e. The van der Waals surface area contributed by atoms with Crippen LogP contribution < -0.4 is 10.0 Å². The van der Waals surface area contributed by atoms with E-state index in [4.69, 9.17) is 9.15 Å². The topological polar surface area (TPSA) is 115 Å². The third-order valence-corrected chi connectivity index (χ3v) is 5.77. The number of rotatable bonds is 8. The third-order valence-electron chi connectivity index (χ3n) is 3.86. The zero-order valence-electron chi connectivity index (χ0n) is 15.5. The molecule has 0 atom stereocenters. The lowest BCUT2D eigenvalue weighted by Crippen LogP contribution is -2.23. The average molecular weight is 493 g/mol. The Morgan fingerprint density at radius 3 is 2.47 bits per heavy atom. The van der Waals surface area contributed by atoms with Crippen molar-refractivity contribution in [3.05, 3.63) is 82.7 Å². The highest BCUT2D eigenvalue weighted by Gasteiger charge is 2.16. The second-order valence-corrected chi connectivity index (χ2v) is 8.75. The van der Waals surface area contributed by atoms with Crippen LogP contribution in [0.1, 0.15) is 16.1 Å². The van der Waals surface area contributed by atoms with Gasteiger partial charge in [-0.1, -0.05) is 22.0 Å². The van der Waals surface area contributed by atoms with Gasteiger partial charge in [0.25, 0.3) is 5.91 Å². The van der Waals surface area contributed by atoms with E-state index in [-0.39, 0.29) is 17.0 Å². The summed E-state index contributed by atoms with van der Waals surface area (Å²) in [6, 6.07) is 15.5. The number of ether oxygens (including phenoxy) is 1. The molecule has 3 rings (SSSR count). The number of anilines is 1. The van der Waals surface area contributed by atoms with E-state index < -0.39 is 28.5 Å². The molecule has 2 aromatic carbocycles. The second kappa shape index (κ2) is 9.70. The molecule has 0 unspecified atom stereocenters. The van der Waals surface area contributed by atoms with Gasteiger partial charge >= 0.3 is 5.97 Å². The molecule has 0 spiro atoms. The molecule has 3 aromatic rings. The van der Waals surface area contributed by atoms with Crippen molar-refractivity contribution in [2.24, 2.45) is 0 Å². The second-order valence-electron chi connectivity index (χ2n) is 6.06. The standard InChI is InChI=1S/C20H17BrN2O6S/c21-15-3-1-4-16(11-15)23-19(24)13-29-20(25)14-6-8-18(9-7-14)30(26,27)22-12-17-5-2-10-28-17/h1-11,22H,12-13H2,(H,23,24). The van der Waals surface area contributed by atoms with E-state index in [0.29, 0.717) is 11.4 Å². The van der Waals surface area contributed by atoms with Crippen LogP contribution in [0.5, 0.6) is 0 Å². The summed E-state index contributed by atoms with van der Waals surface area (Å²) in [6.07, 6.45) is 1.45. The average Bonchev–Trinajstić information content (AvgIpc) is 3.24. The molecular weight excluding hydrogens is 476 g/mol. The van der Waals surface area contributed by atoms with Crippen LogP contribution in [0.2, 0.25) is 0 Å². The maximum atomic E-state index is 12.3. The first kappa shape index (κ1) is 21.8. The number of sulfonamides is 1. The summed E-state index contributed by atoms with van der Waals surface area (Å²) in [5, 5.41) is 2.60. The Morgan fingerprint density at radius 2 is 1.80 bits per heavy atom. The number of benzene rings is 2. The molecule has 0 aliphatic heterocycles. The van der Waals surface area contributed by atoms with Gasteiger partial charge in [-0.05, 0) is 54.6 Å². The van der Waals surface area contributed by atoms with Gasteiger partial charge in [0.2, 0.25) is 10.0 Å². The molecule has 1 heterocycles. The zero-order chi connectivity index (χ0) is 21.6. The van der Waals surface area contributed by atoms with E-state index in [9.17, 15) is 18.0 Å². The number of esters is 1. The van der Waals surface area contributed by atoms with Gasteiger partial charge in [0.1, 0.15) is 5.76 Å². The molecule has 8 nitrogen and oxygen atoms in total. The van der Waals surface area contributed by atoms with E-state index in [2.05, 4.69) is 26.0 Å². The van der Waals surface area contributed by atoms with Gasteiger partial charge in [-0.25, -0.2) is 17.9 Å². The largest absolute Gasteiger partial charge is 0.468 e. The zero-order valence-corrected chi connectivity index (χ0v) is 17.9. The fourth-order valence-electron chi connectivity index (χ4n) is 2.41. The van der Waals surface area contributed by atoms with Crippen LogP contribution in [0.25, 0.3) is 0 Å². The Hall–Kier alpha value is -2.95. The Bertz CT molecular complexity index is 1130. The van der Waals surface area contributed by atoms with Crippen molar-refractivity contribution in [3.8, 4) is 0 Å².